The second kappa shape index (κ2) is 7.73. The Morgan fingerprint density at radius 2 is 2.04 bits per heavy atom. The molecular formula is C18H26N8O. The SMILES string of the molecule is CNC(=O)c1nc(C)c(C)c(N2CC[C@@H](Nc3nccc(N(C)C)n3)C2)n1. The van der Waals surface area contributed by atoms with Crippen LogP contribution in [0.5, 0.6) is 0 Å². The Morgan fingerprint density at radius 1 is 1.26 bits per heavy atom. The lowest BCUT2D eigenvalue weighted by molar-refractivity contribution is 0.0952. The first kappa shape index (κ1) is 18.8. The van der Waals surface area contributed by atoms with Crippen molar-refractivity contribution in [3.8, 4) is 0 Å². The zero-order valence-electron chi connectivity index (χ0n) is 16.4. The summed E-state index contributed by atoms with van der Waals surface area (Å²) in [6.07, 6.45) is 2.69. The first-order valence-corrected chi connectivity index (χ1v) is 8.98. The monoisotopic (exact) mass is 370 g/mol. The fourth-order valence-corrected chi connectivity index (χ4v) is 3.06. The van der Waals surface area contributed by atoms with Gasteiger partial charge in [-0.3, -0.25) is 4.79 Å². The molecule has 27 heavy (non-hydrogen) atoms. The van der Waals surface area contributed by atoms with E-state index in [2.05, 4.69) is 35.5 Å². The van der Waals surface area contributed by atoms with E-state index in [1.165, 1.54) is 0 Å². The van der Waals surface area contributed by atoms with Gasteiger partial charge in [-0.2, -0.15) is 4.98 Å². The average molecular weight is 370 g/mol. The summed E-state index contributed by atoms with van der Waals surface area (Å²) in [5.74, 6) is 2.22. The van der Waals surface area contributed by atoms with Crippen LogP contribution in [0, 0.1) is 13.8 Å². The highest BCUT2D eigenvalue weighted by molar-refractivity contribution is 5.90. The molecule has 0 aromatic carbocycles. The molecule has 0 spiro atoms. The first-order chi connectivity index (χ1) is 12.9. The maximum atomic E-state index is 11.9. The van der Waals surface area contributed by atoms with Gasteiger partial charge in [0.2, 0.25) is 11.8 Å². The van der Waals surface area contributed by atoms with Crippen molar-refractivity contribution in [3.63, 3.8) is 0 Å². The van der Waals surface area contributed by atoms with Crippen LogP contribution in [0.4, 0.5) is 17.6 Å². The molecule has 9 nitrogen and oxygen atoms in total. The maximum Gasteiger partial charge on any atom is 0.288 e. The molecule has 1 aliphatic rings. The normalized spacial score (nSPS) is 16.3. The smallest absolute Gasteiger partial charge is 0.288 e. The second-order valence-corrected chi connectivity index (χ2v) is 6.87. The van der Waals surface area contributed by atoms with Crippen LogP contribution in [0.15, 0.2) is 12.3 Å². The Morgan fingerprint density at radius 3 is 2.74 bits per heavy atom. The number of amides is 1. The second-order valence-electron chi connectivity index (χ2n) is 6.87. The summed E-state index contributed by atoms with van der Waals surface area (Å²) in [5, 5.41) is 5.99. The van der Waals surface area contributed by atoms with Crippen LogP contribution in [0.3, 0.4) is 0 Å². The number of aryl methyl sites for hydroxylation is 1. The lowest BCUT2D eigenvalue weighted by Crippen LogP contribution is -2.29. The predicted molar refractivity (Wildman–Crippen MR) is 105 cm³/mol. The van der Waals surface area contributed by atoms with Crippen LogP contribution in [0.25, 0.3) is 0 Å². The highest BCUT2D eigenvalue weighted by atomic mass is 16.2. The molecule has 0 aliphatic carbocycles. The van der Waals surface area contributed by atoms with Gasteiger partial charge < -0.3 is 20.4 Å². The number of nitrogens with zero attached hydrogens (tertiary/aromatic N) is 6. The van der Waals surface area contributed by atoms with E-state index in [-0.39, 0.29) is 17.8 Å². The van der Waals surface area contributed by atoms with Crippen molar-refractivity contribution < 1.29 is 4.79 Å². The molecule has 1 fully saturated rings. The molecular weight excluding hydrogens is 344 g/mol. The summed E-state index contributed by atoms with van der Waals surface area (Å²) in [7, 11) is 5.49. The molecule has 0 radical (unpaired) electrons. The van der Waals surface area contributed by atoms with Gasteiger partial charge in [-0.1, -0.05) is 0 Å². The van der Waals surface area contributed by atoms with E-state index < -0.39 is 0 Å². The lowest BCUT2D eigenvalue weighted by Gasteiger charge is -2.21. The Balaban J connectivity index is 1.75. The van der Waals surface area contributed by atoms with Crippen molar-refractivity contribution in [1.29, 1.82) is 0 Å². The molecule has 1 atom stereocenters. The van der Waals surface area contributed by atoms with E-state index in [9.17, 15) is 4.79 Å². The lowest BCUT2D eigenvalue weighted by atomic mass is 10.2. The Bertz CT molecular complexity index is 838. The summed E-state index contributed by atoms with van der Waals surface area (Å²) >= 11 is 0. The van der Waals surface area contributed by atoms with Gasteiger partial charge in [0, 0.05) is 57.7 Å². The summed E-state index contributed by atoms with van der Waals surface area (Å²) in [6.45, 7) is 5.50. The van der Waals surface area contributed by atoms with E-state index >= 15 is 0 Å². The molecule has 1 saturated heterocycles. The van der Waals surface area contributed by atoms with Gasteiger partial charge in [0.15, 0.2) is 0 Å². The third kappa shape index (κ3) is 4.07. The third-order valence-corrected chi connectivity index (χ3v) is 4.71. The Labute approximate surface area is 159 Å². The van der Waals surface area contributed by atoms with E-state index in [0.29, 0.717) is 5.95 Å². The largest absolute Gasteiger partial charge is 0.363 e. The van der Waals surface area contributed by atoms with Gasteiger partial charge in [-0.15, -0.1) is 0 Å². The maximum absolute atomic E-state index is 11.9. The summed E-state index contributed by atoms with van der Waals surface area (Å²) < 4.78 is 0. The highest BCUT2D eigenvalue weighted by Crippen LogP contribution is 2.25. The van der Waals surface area contributed by atoms with Crippen molar-refractivity contribution in [3.05, 3.63) is 29.3 Å². The molecule has 0 unspecified atom stereocenters. The van der Waals surface area contributed by atoms with Crippen LogP contribution in [-0.2, 0) is 0 Å². The van der Waals surface area contributed by atoms with E-state index in [1.54, 1.807) is 13.2 Å². The topological polar surface area (TPSA) is 99.2 Å². The van der Waals surface area contributed by atoms with Crippen LogP contribution in [0.1, 0.15) is 28.3 Å². The fourth-order valence-electron chi connectivity index (χ4n) is 3.06. The molecule has 3 heterocycles. The van der Waals surface area contributed by atoms with Crippen LogP contribution in [0.2, 0.25) is 0 Å². The van der Waals surface area contributed by atoms with Gasteiger partial charge in [0.05, 0.1) is 0 Å². The van der Waals surface area contributed by atoms with Crippen molar-refractivity contribution in [1.82, 2.24) is 25.3 Å². The number of anilines is 3. The van der Waals surface area contributed by atoms with Gasteiger partial charge >= 0.3 is 0 Å². The molecule has 2 aromatic rings. The van der Waals surface area contributed by atoms with Gasteiger partial charge in [0.25, 0.3) is 5.91 Å². The number of aromatic nitrogens is 4. The summed E-state index contributed by atoms with van der Waals surface area (Å²) in [5.41, 5.74) is 1.81. The first-order valence-electron chi connectivity index (χ1n) is 8.98. The standard InChI is InChI=1S/C18H26N8O/c1-11-12(2)21-15(17(27)19-3)24-16(11)26-9-7-13(10-26)22-18-20-8-6-14(23-18)25(4)5/h6,8,13H,7,9-10H2,1-5H3,(H,19,27)(H,20,22,23)/t13-/m1/s1. The molecule has 1 amide bonds. The zero-order chi connectivity index (χ0) is 19.6. The molecule has 9 heteroatoms. The summed E-state index contributed by atoms with van der Waals surface area (Å²) in [6, 6.07) is 2.08. The quantitative estimate of drug-likeness (QED) is 0.804. The number of rotatable bonds is 5. The highest BCUT2D eigenvalue weighted by Gasteiger charge is 2.27. The predicted octanol–water partition coefficient (Wildman–Crippen LogP) is 1.000. The van der Waals surface area contributed by atoms with Crippen molar-refractivity contribution >= 4 is 23.5 Å². The van der Waals surface area contributed by atoms with Gasteiger partial charge in [-0.05, 0) is 26.3 Å². The molecule has 144 valence electrons. The third-order valence-electron chi connectivity index (χ3n) is 4.71. The Hall–Kier alpha value is -2.97. The number of carbonyl (C=O) groups excluding carboxylic acids is 1. The number of hydrogen-bond acceptors (Lipinski definition) is 8. The Kier molecular flexibility index (Phi) is 5.38. The molecule has 0 bridgehead atoms. The molecule has 2 aromatic heterocycles. The van der Waals surface area contributed by atoms with E-state index in [1.807, 2.05) is 38.9 Å². The van der Waals surface area contributed by atoms with Crippen molar-refractivity contribution in [2.75, 3.05) is 49.3 Å². The van der Waals surface area contributed by atoms with E-state index in [0.717, 1.165) is 42.4 Å². The minimum Gasteiger partial charge on any atom is -0.363 e. The number of nitrogens with one attached hydrogen (secondary N) is 2. The molecule has 0 saturated carbocycles. The average Bonchev–Trinajstić information content (AvgIpc) is 3.11. The number of carbonyl (C=O) groups is 1. The number of hydrogen-bond donors (Lipinski definition) is 2. The zero-order valence-corrected chi connectivity index (χ0v) is 16.4. The van der Waals surface area contributed by atoms with Crippen LogP contribution >= 0.6 is 0 Å². The fraction of sp³-hybridized carbons (Fsp3) is 0.500. The van der Waals surface area contributed by atoms with Crippen molar-refractivity contribution in [2.45, 2.75) is 26.3 Å². The minimum atomic E-state index is -0.276. The van der Waals surface area contributed by atoms with E-state index in [4.69, 9.17) is 0 Å². The van der Waals surface area contributed by atoms with Crippen molar-refractivity contribution in [2.24, 2.45) is 0 Å². The molecule has 2 N–H and O–H groups in total. The van der Waals surface area contributed by atoms with Gasteiger partial charge in [0.1, 0.15) is 11.6 Å². The van der Waals surface area contributed by atoms with Crippen LogP contribution < -0.4 is 20.4 Å². The summed E-state index contributed by atoms with van der Waals surface area (Å²) in [4.78, 5) is 33.7. The van der Waals surface area contributed by atoms with Crippen LogP contribution in [-0.4, -0.2) is 66.1 Å². The molecule has 3 rings (SSSR count). The molecule has 1 aliphatic heterocycles. The minimum absolute atomic E-state index is 0.203. The van der Waals surface area contributed by atoms with Gasteiger partial charge in [-0.25, -0.2) is 15.0 Å².